The van der Waals surface area contributed by atoms with E-state index >= 15 is 0 Å². The number of hydrogen-bond acceptors (Lipinski definition) is 4. The summed E-state index contributed by atoms with van der Waals surface area (Å²) in [5, 5.41) is 1.48. The van der Waals surface area contributed by atoms with E-state index in [4.69, 9.17) is 11.6 Å². The van der Waals surface area contributed by atoms with Crippen molar-refractivity contribution in [1.82, 2.24) is 5.01 Å². The lowest BCUT2D eigenvalue weighted by Crippen LogP contribution is -3.07. The van der Waals surface area contributed by atoms with Crippen LogP contribution in [0, 0.1) is 0 Å². The summed E-state index contributed by atoms with van der Waals surface area (Å²) in [6.07, 6.45) is 5.51. The molecular weight excluding hydrogens is 142 g/mol. The smallest absolute Gasteiger partial charge is 0.232 e. The Hall–Kier alpha value is -1.33. The van der Waals surface area contributed by atoms with Crippen molar-refractivity contribution in [1.29, 1.82) is 0 Å². The quantitative estimate of drug-likeness (QED) is 0.342. The van der Waals surface area contributed by atoms with Crippen LogP contribution in [0.2, 0.25) is 0 Å². The van der Waals surface area contributed by atoms with Crippen molar-refractivity contribution < 1.29 is 4.90 Å². The van der Waals surface area contributed by atoms with Crippen molar-refractivity contribution in [2.75, 3.05) is 6.54 Å². The number of fused-ring (bicyclic) bond motifs is 1. The summed E-state index contributed by atoms with van der Waals surface area (Å²) in [5.74, 6) is 7.13. The molecular formula is C6H10N5+. The molecule has 0 spiro atoms. The number of aliphatic imine (C=N–C) groups is 1. The van der Waals surface area contributed by atoms with E-state index in [-0.39, 0.29) is 0 Å². The Morgan fingerprint density at radius 1 is 1.64 bits per heavy atom. The average molecular weight is 152 g/mol. The van der Waals surface area contributed by atoms with Gasteiger partial charge in [0, 0.05) is 0 Å². The monoisotopic (exact) mass is 152 g/mol. The zero-order chi connectivity index (χ0) is 7.84. The molecule has 0 amide bonds. The predicted octanol–water partition coefficient (Wildman–Crippen LogP) is -2.30. The number of hydrazine groups is 1. The largest absolute Gasteiger partial charge is 0.380 e. The molecule has 5 nitrogen and oxygen atoms in total. The standard InChI is InChI=1S/C6H9N5/c7-5-3-10-2-1-9-6(10)4-11(5)8/h1-3H,4,7-8H2/p+1. The normalized spacial score (nSPS) is 28.1. The van der Waals surface area contributed by atoms with Gasteiger partial charge in [0.05, 0.1) is 6.20 Å². The molecule has 1 atom stereocenters. The van der Waals surface area contributed by atoms with Crippen LogP contribution in [-0.2, 0) is 0 Å². The molecule has 0 aliphatic carbocycles. The third-order valence-electron chi connectivity index (χ3n) is 1.77. The molecule has 0 aromatic heterocycles. The van der Waals surface area contributed by atoms with Gasteiger partial charge in [-0.2, -0.15) is 0 Å². The Bertz CT molecular complexity index is 264. The highest BCUT2D eigenvalue weighted by Gasteiger charge is 2.25. The molecule has 2 aliphatic heterocycles. The number of nitrogens with zero attached hydrogens (tertiary/aromatic N) is 2. The summed E-state index contributed by atoms with van der Waals surface area (Å²) in [7, 11) is 0. The molecule has 0 fully saturated rings. The Kier molecular flexibility index (Phi) is 1.21. The van der Waals surface area contributed by atoms with Crippen molar-refractivity contribution in [3.8, 4) is 0 Å². The van der Waals surface area contributed by atoms with E-state index in [2.05, 4.69) is 4.99 Å². The lowest BCUT2D eigenvalue weighted by Gasteiger charge is -2.23. The summed E-state index contributed by atoms with van der Waals surface area (Å²) in [5.41, 5.74) is 5.59. The van der Waals surface area contributed by atoms with Gasteiger partial charge in [-0.25, -0.2) is 15.7 Å². The molecule has 58 valence electrons. The van der Waals surface area contributed by atoms with Crippen molar-refractivity contribution in [2.24, 2.45) is 16.6 Å². The molecule has 2 heterocycles. The lowest BCUT2D eigenvalue weighted by atomic mass is 10.4. The van der Waals surface area contributed by atoms with Gasteiger partial charge >= 0.3 is 0 Å². The number of nitrogens with one attached hydrogen (secondary N) is 1. The Labute approximate surface area is 64.2 Å². The van der Waals surface area contributed by atoms with E-state index in [9.17, 15) is 0 Å². The first-order valence-electron chi connectivity index (χ1n) is 3.37. The fourth-order valence-electron chi connectivity index (χ4n) is 1.14. The minimum Gasteiger partial charge on any atom is -0.380 e. The van der Waals surface area contributed by atoms with Crippen LogP contribution in [0.3, 0.4) is 0 Å². The van der Waals surface area contributed by atoms with E-state index in [1.807, 2.05) is 12.4 Å². The van der Waals surface area contributed by atoms with E-state index in [1.54, 1.807) is 6.20 Å². The first-order valence-corrected chi connectivity index (χ1v) is 3.37. The molecule has 2 rings (SSSR count). The molecule has 11 heavy (non-hydrogen) atoms. The van der Waals surface area contributed by atoms with Gasteiger partial charge in [0.25, 0.3) is 0 Å². The minimum atomic E-state index is 0.588. The highest BCUT2D eigenvalue weighted by atomic mass is 15.5. The summed E-state index contributed by atoms with van der Waals surface area (Å²) < 4.78 is 0. The first kappa shape index (κ1) is 6.38. The molecule has 0 saturated carbocycles. The number of quaternary nitrogens is 1. The highest BCUT2D eigenvalue weighted by molar-refractivity contribution is 5.79. The molecule has 0 aromatic rings. The van der Waals surface area contributed by atoms with E-state index < -0.39 is 0 Å². The Morgan fingerprint density at radius 2 is 2.45 bits per heavy atom. The van der Waals surface area contributed by atoms with Crippen LogP contribution in [0.25, 0.3) is 0 Å². The zero-order valence-electron chi connectivity index (χ0n) is 5.99. The highest BCUT2D eigenvalue weighted by Crippen LogP contribution is 1.94. The van der Waals surface area contributed by atoms with Gasteiger partial charge < -0.3 is 5.73 Å². The Balaban J connectivity index is 2.32. The second kappa shape index (κ2) is 2.08. The number of nitrogens with two attached hydrogens (primary N) is 2. The van der Waals surface area contributed by atoms with Crippen LogP contribution in [0.5, 0.6) is 0 Å². The molecule has 0 aromatic carbocycles. The second-order valence-corrected chi connectivity index (χ2v) is 2.54. The summed E-state index contributed by atoms with van der Waals surface area (Å²) in [6, 6.07) is 0. The fourth-order valence-corrected chi connectivity index (χ4v) is 1.14. The van der Waals surface area contributed by atoms with Crippen LogP contribution in [-0.4, -0.2) is 17.4 Å². The first-order chi connectivity index (χ1) is 5.27. The van der Waals surface area contributed by atoms with Gasteiger partial charge in [-0.15, -0.1) is 0 Å². The van der Waals surface area contributed by atoms with Crippen molar-refractivity contribution in [3.63, 3.8) is 0 Å². The van der Waals surface area contributed by atoms with Crippen LogP contribution < -0.4 is 16.5 Å². The van der Waals surface area contributed by atoms with Gasteiger partial charge in [-0.05, 0) is 0 Å². The van der Waals surface area contributed by atoms with Crippen molar-refractivity contribution >= 4 is 5.84 Å². The summed E-state index contributed by atoms with van der Waals surface area (Å²) in [6.45, 7) is 0.602. The second-order valence-electron chi connectivity index (χ2n) is 2.54. The van der Waals surface area contributed by atoms with Crippen molar-refractivity contribution in [3.05, 3.63) is 24.4 Å². The minimum absolute atomic E-state index is 0.588. The molecule has 0 bridgehead atoms. The zero-order valence-corrected chi connectivity index (χ0v) is 5.99. The molecule has 2 aliphatic rings. The van der Waals surface area contributed by atoms with Gasteiger partial charge in [-0.1, -0.05) is 0 Å². The number of rotatable bonds is 0. The van der Waals surface area contributed by atoms with E-state index in [0.717, 1.165) is 10.7 Å². The number of hydrogen-bond donors (Lipinski definition) is 3. The van der Waals surface area contributed by atoms with Crippen molar-refractivity contribution in [2.45, 2.75) is 0 Å². The average Bonchev–Trinajstić information content (AvgIpc) is 2.36. The van der Waals surface area contributed by atoms with Gasteiger partial charge in [-0.3, -0.25) is 5.01 Å². The van der Waals surface area contributed by atoms with Gasteiger partial charge in [0.2, 0.25) is 5.84 Å². The molecule has 1 unspecified atom stereocenters. The number of amidine groups is 1. The van der Waals surface area contributed by atoms with Crippen LogP contribution in [0.4, 0.5) is 0 Å². The third-order valence-corrected chi connectivity index (χ3v) is 1.77. The van der Waals surface area contributed by atoms with Gasteiger partial charge in [0.15, 0.2) is 5.82 Å². The molecule has 0 radical (unpaired) electrons. The SMILES string of the molecule is NC1=C[NH+]2C=CN=C2CN1N. The Morgan fingerprint density at radius 3 is 3.27 bits per heavy atom. The molecule has 5 heteroatoms. The fraction of sp³-hybridized carbons (Fsp3) is 0.167. The maximum absolute atomic E-state index is 5.59. The summed E-state index contributed by atoms with van der Waals surface area (Å²) >= 11 is 0. The maximum Gasteiger partial charge on any atom is 0.232 e. The topological polar surface area (TPSA) is 72.1 Å². The van der Waals surface area contributed by atoms with Crippen LogP contribution in [0.1, 0.15) is 0 Å². The van der Waals surface area contributed by atoms with Crippen LogP contribution >= 0.6 is 0 Å². The lowest BCUT2D eigenvalue weighted by molar-refractivity contribution is -0.685. The van der Waals surface area contributed by atoms with Crippen LogP contribution in [0.15, 0.2) is 29.4 Å². The van der Waals surface area contributed by atoms with E-state index in [1.165, 1.54) is 5.01 Å². The predicted molar refractivity (Wildman–Crippen MR) is 40.7 cm³/mol. The maximum atomic E-state index is 5.59. The summed E-state index contributed by atoms with van der Waals surface area (Å²) in [4.78, 5) is 5.19. The molecule has 0 saturated heterocycles. The molecule has 5 N–H and O–H groups in total. The van der Waals surface area contributed by atoms with E-state index in [0.29, 0.717) is 12.4 Å². The van der Waals surface area contributed by atoms with Gasteiger partial charge in [0.1, 0.15) is 18.9 Å². The third kappa shape index (κ3) is 0.903.